The Hall–Kier alpha value is -0.420. The molecule has 1 amide bonds. The van der Waals surface area contributed by atoms with Crippen LogP contribution in [-0.4, -0.2) is 33.7 Å². The second-order valence-electron chi connectivity index (χ2n) is 4.23. The van der Waals surface area contributed by atoms with Crippen LogP contribution in [0.5, 0.6) is 0 Å². The van der Waals surface area contributed by atoms with Crippen molar-refractivity contribution in [2.75, 3.05) is 18.1 Å². The predicted octanol–water partition coefficient (Wildman–Crippen LogP) is -0.00140. The lowest BCUT2D eigenvalue weighted by Crippen LogP contribution is -2.42. The van der Waals surface area contributed by atoms with Crippen molar-refractivity contribution in [3.63, 3.8) is 0 Å². The lowest BCUT2D eigenvalue weighted by molar-refractivity contribution is -0.119. The highest BCUT2D eigenvalue weighted by Crippen LogP contribution is 1.98. The molecular weight excluding hydrogens is 200 g/mol. The second-order valence-corrected chi connectivity index (χ2v) is 5.81. The molecule has 0 bridgehead atoms. The molecule has 0 radical (unpaired) electrons. The van der Waals surface area contributed by atoms with Gasteiger partial charge >= 0.3 is 0 Å². The Balaban J connectivity index is 3.78. The highest BCUT2D eigenvalue weighted by Gasteiger charge is 2.15. The van der Waals surface area contributed by atoms with Gasteiger partial charge in [-0.15, -0.1) is 0 Å². The summed E-state index contributed by atoms with van der Waals surface area (Å²) >= 11 is 0. The summed E-state index contributed by atoms with van der Waals surface area (Å²) in [5.41, 5.74) is 5.02. The minimum absolute atomic E-state index is 0.0806. The van der Waals surface area contributed by atoms with Crippen molar-refractivity contribution in [1.29, 1.82) is 0 Å². The molecule has 0 aromatic carbocycles. The van der Waals surface area contributed by atoms with Crippen molar-refractivity contribution < 1.29 is 9.00 Å². The zero-order valence-electron chi connectivity index (χ0n) is 9.13. The SMILES string of the molecule is CC(C)(C)NC(=O)CS(=O)CCCN. The largest absolute Gasteiger partial charge is 0.351 e. The van der Waals surface area contributed by atoms with Crippen LogP contribution >= 0.6 is 0 Å². The summed E-state index contributed by atoms with van der Waals surface area (Å²) < 4.78 is 11.3. The molecule has 0 aliphatic heterocycles. The van der Waals surface area contributed by atoms with E-state index < -0.39 is 10.8 Å². The first kappa shape index (κ1) is 13.6. The molecule has 0 aromatic heterocycles. The monoisotopic (exact) mass is 220 g/mol. The van der Waals surface area contributed by atoms with Gasteiger partial charge in [-0.3, -0.25) is 9.00 Å². The summed E-state index contributed by atoms with van der Waals surface area (Å²) in [4.78, 5) is 11.3. The fourth-order valence-corrected chi connectivity index (χ4v) is 1.91. The Morgan fingerprint density at radius 3 is 2.43 bits per heavy atom. The van der Waals surface area contributed by atoms with Crippen molar-refractivity contribution in [2.24, 2.45) is 5.73 Å². The van der Waals surface area contributed by atoms with Crippen LogP contribution in [-0.2, 0) is 15.6 Å². The molecule has 0 saturated heterocycles. The molecule has 4 nitrogen and oxygen atoms in total. The van der Waals surface area contributed by atoms with E-state index in [2.05, 4.69) is 5.32 Å². The number of rotatable bonds is 5. The van der Waals surface area contributed by atoms with Gasteiger partial charge in [-0.05, 0) is 33.7 Å². The van der Waals surface area contributed by atoms with Gasteiger partial charge in [0.05, 0.1) is 0 Å². The van der Waals surface area contributed by atoms with E-state index >= 15 is 0 Å². The van der Waals surface area contributed by atoms with Gasteiger partial charge in [0.1, 0.15) is 5.75 Å². The highest BCUT2D eigenvalue weighted by atomic mass is 32.2. The summed E-state index contributed by atoms with van der Waals surface area (Å²) in [5, 5.41) is 2.76. The van der Waals surface area contributed by atoms with E-state index in [1.165, 1.54) is 0 Å². The summed E-state index contributed by atoms with van der Waals surface area (Å²) in [6.45, 7) is 6.21. The van der Waals surface area contributed by atoms with Crippen LogP contribution in [0.4, 0.5) is 0 Å². The number of nitrogens with two attached hydrogens (primary N) is 1. The summed E-state index contributed by atoms with van der Waals surface area (Å²) in [7, 11) is -1.08. The summed E-state index contributed by atoms with van der Waals surface area (Å²) in [5.74, 6) is 0.429. The van der Waals surface area contributed by atoms with Crippen LogP contribution in [0.3, 0.4) is 0 Å². The van der Waals surface area contributed by atoms with Crippen molar-refractivity contribution in [1.82, 2.24) is 5.32 Å². The molecule has 0 rings (SSSR count). The third kappa shape index (κ3) is 8.19. The van der Waals surface area contributed by atoms with Crippen molar-refractivity contribution in [3.05, 3.63) is 0 Å². The van der Waals surface area contributed by atoms with Gasteiger partial charge < -0.3 is 11.1 Å². The second kappa shape index (κ2) is 6.14. The van der Waals surface area contributed by atoms with Crippen molar-refractivity contribution in [2.45, 2.75) is 32.7 Å². The average Bonchev–Trinajstić information content (AvgIpc) is 1.96. The molecular formula is C9H20N2O2S. The van der Waals surface area contributed by atoms with Gasteiger partial charge in [0.15, 0.2) is 0 Å². The zero-order valence-corrected chi connectivity index (χ0v) is 9.95. The van der Waals surface area contributed by atoms with Crippen LogP contribution in [0.1, 0.15) is 27.2 Å². The lowest BCUT2D eigenvalue weighted by Gasteiger charge is -2.20. The number of hydrogen-bond donors (Lipinski definition) is 2. The van der Waals surface area contributed by atoms with E-state index in [4.69, 9.17) is 5.73 Å². The molecule has 5 heteroatoms. The smallest absolute Gasteiger partial charge is 0.233 e. The molecule has 0 fully saturated rings. The molecule has 0 spiro atoms. The molecule has 1 unspecified atom stereocenters. The molecule has 0 aromatic rings. The number of carbonyl (C=O) groups is 1. The van der Waals surface area contributed by atoms with Gasteiger partial charge in [0.2, 0.25) is 5.91 Å². The number of hydrogen-bond acceptors (Lipinski definition) is 3. The normalized spacial score (nSPS) is 13.7. The first-order chi connectivity index (χ1) is 6.35. The van der Waals surface area contributed by atoms with E-state index in [1.807, 2.05) is 20.8 Å². The maximum Gasteiger partial charge on any atom is 0.233 e. The van der Waals surface area contributed by atoms with Gasteiger partial charge in [-0.25, -0.2) is 0 Å². The molecule has 0 aliphatic rings. The molecule has 84 valence electrons. The van der Waals surface area contributed by atoms with E-state index in [9.17, 15) is 9.00 Å². The first-order valence-electron chi connectivity index (χ1n) is 4.71. The number of carbonyl (C=O) groups excluding carboxylic acids is 1. The van der Waals surface area contributed by atoms with Crippen LogP contribution < -0.4 is 11.1 Å². The quantitative estimate of drug-likeness (QED) is 0.685. The van der Waals surface area contributed by atoms with Gasteiger partial charge in [0, 0.05) is 22.1 Å². The molecule has 3 N–H and O–H groups in total. The van der Waals surface area contributed by atoms with Crippen LogP contribution in [0, 0.1) is 0 Å². The van der Waals surface area contributed by atoms with E-state index in [1.54, 1.807) is 0 Å². The molecule has 14 heavy (non-hydrogen) atoms. The fourth-order valence-electron chi connectivity index (χ4n) is 0.917. The predicted molar refractivity (Wildman–Crippen MR) is 59.4 cm³/mol. The maximum atomic E-state index is 11.3. The first-order valence-corrected chi connectivity index (χ1v) is 6.20. The average molecular weight is 220 g/mol. The van der Waals surface area contributed by atoms with Crippen LogP contribution in [0.25, 0.3) is 0 Å². The standard InChI is InChI=1S/C9H20N2O2S/c1-9(2,3)11-8(12)7-14(13)6-4-5-10/h4-7,10H2,1-3H3,(H,11,12). The van der Waals surface area contributed by atoms with Gasteiger partial charge in [-0.1, -0.05) is 0 Å². The van der Waals surface area contributed by atoms with E-state index in [0.717, 1.165) is 0 Å². The Labute approximate surface area is 88.1 Å². The molecule has 0 saturated carbocycles. The summed E-state index contributed by atoms with van der Waals surface area (Å²) in [6, 6.07) is 0. The Morgan fingerprint density at radius 1 is 1.43 bits per heavy atom. The Morgan fingerprint density at radius 2 is 2.00 bits per heavy atom. The van der Waals surface area contributed by atoms with E-state index in [-0.39, 0.29) is 17.2 Å². The van der Waals surface area contributed by atoms with Gasteiger partial charge in [0.25, 0.3) is 0 Å². The summed E-state index contributed by atoms with van der Waals surface area (Å²) in [6.07, 6.45) is 0.704. The van der Waals surface area contributed by atoms with Crippen molar-refractivity contribution in [3.8, 4) is 0 Å². The van der Waals surface area contributed by atoms with Crippen LogP contribution in [0.2, 0.25) is 0 Å². The minimum atomic E-state index is -1.08. The molecule has 0 heterocycles. The topological polar surface area (TPSA) is 72.2 Å². The highest BCUT2D eigenvalue weighted by molar-refractivity contribution is 7.85. The lowest BCUT2D eigenvalue weighted by atomic mass is 10.1. The molecule has 1 atom stereocenters. The van der Waals surface area contributed by atoms with E-state index in [0.29, 0.717) is 18.7 Å². The van der Waals surface area contributed by atoms with Gasteiger partial charge in [-0.2, -0.15) is 0 Å². The van der Waals surface area contributed by atoms with Crippen LogP contribution in [0.15, 0.2) is 0 Å². The Kier molecular flexibility index (Phi) is 5.95. The molecule has 0 aliphatic carbocycles. The van der Waals surface area contributed by atoms with Crippen molar-refractivity contribution >= 4 is 16.7 Å². The zero-order chi connectivity index (χ0) is 11.2. The third-order valence-electron chi connectivity index (χ3n) is 1.38. The Bertz CT molecular complexity index is 211. The number of amides is 1. The fraction of sp³-hybridized carbons (Fsp3) is 0.889. The minimum Gasteiger partial charge on any atom is -0.351 e. The number of nitrogens with one attached hydrogen (secondary N) is 1. The maximum absolute atomic E-state index is 11.3. The third-order valence-corrected chi connectivity index (χ3v) is 2.71.